The van der Waals surface area contributed by atoms with Crippen LogP contribution in [0.1, 0.15) is 32.6 Å². The van der Waals surface area contributed by atoms with Crippen LogP contribution >= 0.6 is 0 Å². The third-order valence-electron chi connectivity index (χ3n) is 4.48. The zero-order valence-electron chi connectivity index (χ0n) is 11.7. The minimum Gasteiger partial charge on any atom is -0.409 e. The fraction of sp³-hybridized carbons (Fsp3) is 0.846. The van der Waals surface area contributed by atoms with Crippen LogP contribution in [0.5, 0.6) is 0 Å². The van der Waals surface area contributed by atoms with E-state index in [4.69, 9.17) is 10.9 Å². The van der Waals surface area contributed by atoms with Crippen molar-refractivity contribution in [3.8, 4) is 0 Å². The van der Waals surface area contributed by atoms with Crippen molar-refractivity contribution in [2.24, 2.45) is 22.2 Å². The molecule has 0 aromatic rings. The lowest BCUT2D eigenvalue weighted by atomic mass is 9.61. The first kappa shape index (κ1) is 14.1. The number of oxime groups is 1. The summed E-state index contributed by atoms with van der Waals surface area (Å²) in [6.07, 6.45) is 3.26. The number of hydrogen-bond acceptors (Lipinski definition) is 4. The lowest BCUT2D eigenvalue weighted by Gasteiger charge is -2.44. The van der Waals surface area contributed by atoms with Gasteiger partial charge < -0.3 is 21.2 Å². The zero-order valence-corrected chi connectivity index (χ0v) is 11.7. The summed E-state index contributed by atoms with van der Waals surface area (Å²) in [6, 6.07) is 0.211. The maximum Gasteiger partial charge on any atom is 0.234 e. The number of carbonyl (C=O) groups is 1. The molecular formula is C13H24N4O2. The van der Waals surface area contributed by atoms with Crippen molar-refractivity contribution in [1.82, 2.24) is 10.2 Å². The largest absolute Gasteiger partial charge is 0.409 e. The van der Waals surface area contributed by atoms with E-state index in [0.717, 1.165) is 25.9 Å². The summed E-state index contributed by atoms with van der Waals surface area (Å²) in [5.74, 6) is 0.426. The van der Waals surface area contributed by atoms with Gasteiger partial charge in [0.2, 0.25) is 5.91 Å². The average Bonchev–Trinajstić information content (AvgIpc) is 2.36. The monoisotopic (exact) mass is 268 g/mol. The van der Waals surface area contributed by atoms with Crippen LogP contribution in [-0.2, 0) is 4.79 Å². The molecule has 4 N–H and O–H groups in total. The quantitative estimate of drug-likeness (QED) is 0.298. The molecule has 1 saturated heterocycles. The Morgan fingerprint density at radius 3 is 2.47 bits per heavy atom. The highest BCUT2D eigenvalue weighted by atomic mass is 16.4. The Kier molecular flexibility index (Phi) is 3.99. The second-order valence-corrected chi connectivity index (χ2v) is 6.13. The second-order valence-electron chi connectivity index (χ2n) is 6.13. The molecule has 108 valence electrons. The van der Waals surface area contributed by atoms with E-state index < -0.39 is 5.41 Å². The Bertz CT molecular complexity index is 369. The summed E-state index contributed by atoms with van der Waals surface area (Å²) in [4.78, 5) is 14.7. The molecule has 0 bridgehead atoms. The molecule has 0 aromatic heterocycles. The van der Waals surface area contributed by atoms with E-state index >= 15 is 0 Å². The van der Waals surface area contributed by atoms with Gasteiger partial charge in [0, 0.05) is 6.04 Å². The molecule has 1 heterocycles. The van der Waals surface area contributed by atoms with Crippen molar-refractivity contribution in [3.63, 3.8) is 0 Å². The lowest BCUT2D eigenvalue weighted by molar-refractivity contribution is -0.134. The van der Waals surface area contributed by atoms with Crippen LogP contribution in [0.15, 0.2) is 5.16 Å². The molecule has 2 aliphatic rings. The third-order valence-corrected chi connectivity index (χ3v) is 4.48. The minimum absolute atomic E-state index is 0.0519. The van der Waals surface area contributed by atoms with Gasteiger partial charge in [-0.1, -0.05) is 12.1 Å². The zero-order chi connectivity index (χ0) is 14.0. The molecule has 0 atom stereocenters. The number of rotatable bonds is 3. The molecule has 1 saturated carbocycles. The molecule has 6 nitrogen and oxygen atoms in total. The van der Waals surface area contributed by atoms with Crippen LogP contribution in [0.2, 0.25) is 0 Å². The standard InChI is InChI=1S/C13H24N4O2/c1-9-7-13(8-9,11(14)16-19)12(18)15-10-3-5-17(2)6-4-10/h9-10,19H,3-8H2,1-2H3,(H2,14,16)(H,15,18). The normalized spacial score (nSPS) is 33.8. The molecule has 19 heavy (non-hydrogen) atoms. The highest BCUT2D eigenvalue weighted by Crippen LogP contribution is 2.46. The number of nitrogens with two attached hydrogens (primary N) is 1. The Hall–Kier alpha value is -1.30. The molecule has 0 spiro atoms. The number of piperidine rings is 1. The van der Waals surface area contributed by atoms with E-state index in [0.29, 0.717) is 18.8 Å². The first-order valence-electron chi connectivity index (χ1n) is 6.95. The van der Waals surface area contributed by atoms with Crippen molar-refractivity contribution in [3.05, 3.63) is 0 Å². The van der Waals surface area contributed by atoms with E-state index in [9.17, 15) is 4.79 Å². The smallest absolute Gasteiger partial charge is 0.234 e. The molecular weight excluding hydrogens is 244 g/mol. The molecule has 0 unspecified atom stereocenters. The van der Waals surface area contributed by atoms with Gasteiger partial charge in [0.1, 0.15) is 5.41 Å². The van der Waals surface area contributed by atoms with Gasteiger partial charge in [-0.25, -0.2) is 0 Å². The fourth-order valence-corrected chi connectivity index (χ4v) is 3.21. The van der Waals surface area contributed by atoms with Gasteiger partial charge >= 0.3 is 0 Å². The summed E-state index contributed by atoms with van der Waals surface area (Å²) >= 11 is 0. The predicted octanol–water partition coefficient (Wildman–Crippen LogP) is 0.360. The van der Waals surface area contributed by atoms with E-state index in [1.165, 1.54) is 0 Å². The fourth-order valence-electron chi connectivity index (χ4n) is 3.21. The molecule has 1 amide bonds. The van der Waals surface area contributed by atoms with Crippen LogP contribution < -0.4 is 11.1 Å². The summed E-state index contributed by atoms with van der Waals surface area (Å²) in [7, 11) is 2.09. The van der Waals surface area contributed by atoms with Gasteiger partial charge in [-0.2, -0.15) is 0 Å². The van der Waals surface area contributed by atoms with Gasteiger partial charge in [-0.3, -0.25) is 4.79 Å². The summed E-state index contributed by atoms with van der Waals surface area (Å²) in [5, 5.41) is 15.0. The summed E-state index contributed by atoms with van der Waals surface area (Å²) < 4.78 is 0. The Morgan fingerprint density at radius 1 is 1.42 bits per heavy atom. The van der Waals surface area contributed by atoms with E-state index in [-0.39, 0.29) is 17.8 Å². The molecule has 2 fully saturated rings. The summed E-state index contributed by atoms with van der Waals surface area (Å²) in [6.45, 7) is 4.07. The summed E-state index contributed by atoms with van der Waals surface area (Å²) in [5.41, 5.74) is 4.95. The molecule has 0 aromatic carbocycles. The van der Waals surface area contributed by atoms with Crippen LogP contribution in [0.25, 0.3) is 0 Å². The van der Waals surface area contributed by atoms with Crippen LogP contribution in [0, 0.1) is 11.3 Å². The number of nitrogens with zero attached hydrogens (tertiary/aromatic N) is 2. The van der Waals surface area contributed by atoms with E-state index in [2.05, 4.69) is 29.3 Å². The number of nitrogens with one attached hydrogen (secondary N) is 1. The van der Waals surface area contributed by atoms with Crippen molar-refractivity contribution >= 4 is 11.7 Å². The Labute approximate surface area is 114 Å². The maximum atomic E-state index is 12.4. The minimum atomic E-state index is -0.780. The van der Waals surface area contributed by atoms with Gasteiger partial charge in [-0.05, 0) is 51.7 Å². The second kappa shape index (κ2) is 5.36. The van der Waals surface area contributed by atoms with Crippen molar-refractivity contribution < 1.29 is 10.0 Å². The Morgan fingerprint density at radius 2 is 2.00 bits per heavy atom. The number of likely N-dealkylation sites (tertiary alicyclic amines) is 1. The lowest BCUT2D eigenvalue weighted by Crippen LogP contribution is -2.59. The highest BCUT2D eigenvalue weighted by molar-refractivity contribution is 6.07. The van der Waals surface area contributed by atoms with Gasteiger partial charge in [-0.15, -0.1) is 0 Å². The Balaban J connectivity index is 1.98. The van der Waals surface area contributed by atoms with Gasteiger partial charge in [0.15, 0.2) is 5.84 Å². The molecule has 0 radical (unpaired) electrons. The number of amides is 1. The third kappa shape index (κ3) is 2.68. The number of carbonyl (C=O) groups excluding carboxylic acids is 1. The van der Waals surface area contributed by atoms with Crippen molar-refractivity contribution in [2.75, 3.05) is 20.1 Å². The first-order chi connectivity index (χ1) is 8.98. The van der Waals surface area contributed by atoms with E-state index in [1.54, 1.807) is 0 Å². The van der Waals surface area contributed by atoms with Crippen LogP contribution in [0.4, 0.5) is 0 Å². The molecule has 1 aliphatic carbocycles. The molecule has 2 rings (SSSR count). The number of amidine groups is 1. The SMILES string of the molecule is CC1CC(C(=O)NC2CCN(C)CC2)(C(N)=NO)C1. The van der Waals surface area contributed by atoms with E-state index in [1.807, 2.05) is 0 Å². The molecule has 1 aliphatic heterocycles. The first-order valence-corrected chi connectivity index (χ1v) is 6.95. The van der Waals surface area contributed by atoms with Crippen molar-refractivity contribution in [2.45, 2.75) is 38.6 Å². The maximum absolute atomic E-state index is 12.4. The molecule has 6 heteroatoms. The predicted molar refractivity (Wildman–Crippen MR) is 72.9 cm³/mol. The number of hydrogen-bond donors (Lipinski definition) is 3. The average molecular weight is 268 g/mol. The van der Waals surface area contributed by atoms with Crippen LogP contribution in [-0.4, -0.2) is 48.0 Å². The topological polar surface area (TPSA) is 91.0 Å². The van der Waals surface area contributed by atoms with Gasteiger partial charge in [0.05, 0.1) is 0 Å². The highest BCUT2D eigenvalue weighted by Gasteiger charge is 2.52. The van der Waals surface area contributed by atoms with Gasteiger partial charge in [0.25, 0.3) is 0 Å². The van der Waals surface area contributed by atoms with Crippen molar-refractivity contribution in [1.29, 1.82) is 0 Å². The van der Waals surface area contributed by atoms with Crippen LogP contribution in [0.3, 0.4) is 0 Å².